The standard InChI is InChI=1S/C14H27N5O9S2/c15-13(29)17-1-3-5(20)7(22)9(24)11(26-3)28-12-10(25)8(23)6(21)4(27-12)2-18-14(30)19-16/h3-12,20-25H,1-2,16H2,(H3,15,17,29)(H2,18,19,30)/t3?,4?,5-,6+,7?,8?,9?,10?,11+,12+/m0/s1. The number of rotatable bonds is 6. The molecular weight excluding hydrogens is 446 g/mol. The molecule has 13 N–H and O–H groups in total. The van der Waals surface area contributed by atoms with Crippen LogP contribution in [0.1, 0.15) is 0 Å². The van der Waals surface area contributed by atoms with Gasteiger partial charge in [0, 0.05) is 13.1 Å². The van der Waals surface area contributed by atoms with E-state index in [2.05, 4.69) is 28.3 Å². The van der Waals surface area contributed by atoms with Crippen LogP contribution in [-0.4, -0.2) is 115 Å². The quantitative estimate of drug-likeness (QED) is 0.0977. The summed E-state index contributed by atoms with van der Waals surface area (Å²) in [6.07, 6.45) is -15.1. The van der Waals surface area contributed by atoms with Crippen LogP contribution in [0.2, 0.25) is 0 Å². The van der Waals surface area contributed by atoms with E-state index in [4.69, 9.17) is 38.0 Å². The van der Waals surface area contributed by atoms with Gasteiger partial charge in [-0.25, -0.2) is 5.84 Å². The van der Waals surface area contributed by atoms with Gasteiger partial charge in [-0.1, -0.05) is 0 Å². The highest BCUT2D eigenvalue weighted by Gasteiger charge is 2.49. The van der Waals surface area contributed by atoms with Crippen molar-refractivity contribution in [3.63, 3.8) is 0 Å². The zero-order valence-electron chi connectivity index (χ0n) is 15.6. The highest BCUT2D eigenvalue weighted by Crippen LogP contribution is 2.28. The lowest BCUT2D eigenvalue weighted by atomic mass is 9.97. The Hall–Kier alpha value is -1.02. The van der Waals surface area contributed by atoms with Gasteiger partial charge in [-0.15, -0.1) is 0 Å². The molecule has 2 saturated heterocycles. The van der Waals surface area contributed by atoms with Crippen LogP contribution in [0.3, 0.4) is 0 Å². The van der Waals surface area contributed by atoms with Gasteiger partial charge in [0.15, 0.2) is 22.8 Å². The number of hydrogen-bond donors (Lipinski definition) is 11. The van der Waals surface area contributed by atoms with E-state index in [9.17, 15) is 30.6 Å². The number of aliphatic hydroxyl groups is 6. The van der Waals surface area contributed by atoms with Gasteiger partial charge in [0.25, 0.3) is 0 Å². The largest absolute Gasteiger partial charge is 0.388 e. The van der Waals surface area contributed by atoms with Gasteiger partial charge in [0.1, 0.15) is 48.8 Å². The molecule has 16 heteroatoms. The van der Waals surface area contributed by atoms with E-state index in [1.54, 1.807) is 0 Å². The summed E-state index contributed by atoms with van der Waals surface area (Å²) < 4.78 is 16.3. The minimum Gasteiger partial charge on any atom is -0.388 e. The summed E-state index contributed by atoms with van der Waals surface area (Å²) in [6.45, 7) is -0.213. The molecule has 30 heavy (non-hydrogen) atoms. The van der Waals surface area contributed by atoms with Crippen LogP contribution in [0, 0.1) is 0 Å². The van der Waals surface area contributed by atoms with Crippen LogP contribution in [0.25, 0.3) is 0 Å². The Bertz CT molecular complexity index is 608. The molecule has 0 saturated carbocycles. The Balaban J connectivity index is 2.06. The molecule has 0 spiro atoms. The van der Waals surface area contributed by atoms with Gasteiger partial charge in [-0.3, -0.25) is 0 Å². The van der Waals surface area contributed by atoms with Crippen molar-refractivity contribution in [3.8, 4) is 0 Å². The van der Waals surface area contributed by atoms with Crippen molar-refractivity contribution in [2.45, 2.75) is 61.4 Å². The summed E-state index contributed by atoms with van der Waals surface area (Å²) in [4.78, 5) is 0. The average molecular weight is 474 g/mol. The molecular formula is C14H27N5O9S2. The molecule has 2 aliphatic rings. The Morgan fingerprint density at radius 1 is 0.767 bits per heavy atom. The van der Waals surface area contributed by atoms with Crippen LogP contribution >= 0.6 is 24.4 Å². The van der Waals surface area contributed by atoms with Crippen molar-refractivity contribution in [1.29, 1.82) is 0 Å². The molecule has 0 aromatic carbocycles. The maximum absolute atomic E-state index is 10.2. The maximum atomic E-state index is 10.2. The Morgan fingerprint density at radius 3 is 1.60 bits per heavy atom. The zero-order valence-corrected chi connectivity index (χ0v) is 17.2. The van der Waals surface area contributed by atoms with E-state index in [1.165, 1.54) is 0 Å². The van der Waals surface area contributed by atoms with Crippen LogP contribution in [0.5, 0.6) is 0 Å². The van der Waals surface area contributed by atoms with E-state index >= 15 is 0 Å². The van der Waals surface area contributed by atoms with Crippen LogP contribution in [0.15, 0.2) is 0 Å². The molecule has 2 heterocycles. The van der Waals surface area contributed by atoms with Gasteiger partial charge < -0.3 is 66.6 Å². The third-order valence-electron chi connectivity index (χ3n) is 4.68. The number of nitrogens with one attached hydrogen (secondary N) is 3. The fraction of sp³-hybridized carbons (Fsp3) is 0.857. The second-order valence-corrected chi connectivity index (χ2v) is 7.61. The summed E-state index contributed by atoms with van der Waals surface area (Å²) in [6, 6.07) is 0. The number of ether oxygens (including phenoxy) is 3. The molecule has 14 nitrogen and oxygen atoms in total. The molecule has 0 radical (unpaired) electrons. The Labute approximate surface area is 182 Å². The number of aliphatic hydroxyl groups excluding tert-OH is 6. The highest BCUT2D eigenvalue weighted by molar-refractivity contribution is 7.80. The first kappa shape index (κ1) is 25.2. The Morgan fingerprint density at radius 2 is 1.20 bits per heavy atom. The van der Waals surface area contributed by atoms with E-state index in [0.717, 1.165) is 0 Å². The number of hydrazine groups is 1. The van der Waals surface area contributed by atoms with Crippen LogP contribution in [-0.2, 0) is 14.2 Å². The fourth-order valence-corrected chi connectivity index (χ4v) is 3.14. The summed E-state index contributed by atoms with van der Waals surface area (Å²) in [5.74, 6) is 5.14. The zero-order chi connectivity index (χ0) is 22.6. The lowest BCUT2D eigenvalue weighted by molar-refractivity contribution is -0.372. The van der Waals surface area contributed by atoms with Crippen molar-refractivity contribution in [3.05, 3.63) is 0 Å². The maximum Gasteiger partial charge on any atom is 0.189 e. The van der Waals surface area contributed by atoms with Crippen molar-refractivity contribution in [2.75, 3.05) is 13.1 Å². The average Bonchev–Trinajstić information content (AvgIpc) is 2.71. The van der Waals surface area contributed by atoms with Crippen molar-refractivity contribution < 1.29 is 44.8 Å². The minimum absolute atomic E-state index is 0.0418. The summed E-state index contributed by atoms with van der Waals surface area (Å²) in [5.41, 5.74) is 7.50. The van der Waals surface area contributed by atoms with Gasteiger partial charge in [-0.05, 0) is 24.4 Å². The van der Waals surface area contributed by atoms with Crippen molar-refractivity contribution in [1.82, 2.24) is 16.1 Å². The van der Waals surface area contributed by atoms with Gasteiger partial charge in [0.05, 0.1) is 0 Å². The first-order valence-corrected chi connectivity index (χ1v) is 9.71. The molecule has 10 atom stereocenters. The van der Waals surface area contributed by atoms with E-state index in [1.807, 2.05) is 0 Å². The molecule has 2 fully saturated rings. The minimum atomic E-state index is -1.72. The first-order chi connectivity index (χ1) is 14.1. The van der Waals surface area contributed by atoms with Crippen molar-refractivity contribution >= 4 is 34.7 Å². The van der Waals surface area contributed by atoms with Gasteiger partial charge >= 0.3 is 0 Å². The summed E-state index contributed by atoms with van der Waals surface area (Å²) >= 11 is 9.49. The molecule has 0 bridgehead atoms. The van der Waals surface area contributed by atoms with Crippen LogP contribution < -0.4 is 27.6 Å². The molecule has 2 aliphatic heterocycles. The smallest absolute Gasteiger partial charge is 0.189 e. The Kier molecular flexibility index (Phi) is 9.28. The first-order valence-electron chi connectivity index (χ1n) is 8.89. The lowest BCUT2D eigenvalue weighted by Crippen LogP contribution is -2.65. The molecule has 174 valence electrons. The van der Waals surface area contributed by atoms with E-state index in [-0.39, 0.29) is 23.3 Å². The molecule has 6 unspecified atom stereocenters. The van der Waals surface area contributed by atoms with E-state index < -0.39 is 61.4 Å². The second kappa shape index (κ2) is 11.0. The predicted octanol–water partition coefficient (Wildman–Crippen LogP) is -6.21. The molecule has 0 aliphatic carbocycles. The number of nitrogens with two attached hydrogens (primary N) is 2. The molecule has 0 aromatic heterocycles. The van der Waals surface area contributed by atoms with Gasteiger partial charge in [-0.2, -0.15) is 0 Å². The molecule has 2 rings (SSSR count). The number of thiocarbonyl (C=S) groups is 2. The fourth-order valence-electron chi connectivity index (χ4n) is 2.97. The molecule has 0 amide bonds. The highest BCUT2D eigenvalue weighted by atomic mass is 32.1. The summed E-state index contributed by atoms with van der Waals surface area (Å²) in [7, 11) is 0. The topological polar surface area (TPSA) is 237 Å². The van der Waals surface area contributed by atoms with Crippen LogP contribution in [0.4, 0.5) is 0 Å². The monoisotopic (exact) mass is 473 g/mol. The third-order valence-corrected chi connectivity index (χ3v) is 5.08. The molecule has 0 aromatic rings. The van der Waals surface area contributed by atoms with E-state index in [0.29, 0.717) is 0 Å². The van der Waals surface area contributed by atoms with Gasteiger partial charge in [0.2, 0.25) is 0 Å². The summed E-state index contributed by atoms with van der Waals surface area (Å²) in [5, 5.41) is 65.9. The normalized spacial score (nSPS) is 41.7. The second-order valence-electron chi connectivity index (χ2n) is 6.77. The third kappa shape index (κ3) is 6.02. The van der Waals surface area contributed by atoms with Crippen molar-refractivity contribution in [2.24, 2.45) is 11.6 Å². The predicted molar refractivity (Wildman–Crippen MR) is 107 cm³/mol. The SMILES string of the molecule is NNC(=S)NCC1O[C@H](O[C@H]2OC(CNC(N)=S)[C@H](O)C(O)C2O)C(O)C(O)[C@@H]1O. The lowest BCUT2D eigenvalue weighted by Gasteiger charge is -2.45. The number of hydrogen-bond acceptors (Lipinski definition) is 12.